The van der Waals surface area contributed by atoms with Crippen molar-refractivity contribution in [3.8, 4) is 5.75 Å². The Morgan fingerprint density at radius 2 is 1.95 bits per heavy atom. The molecule has 21 heavy (non-hydrogen) atoms. The smallest absolute Gasteiger partial charge is 0.131 e. The molecule has 0 aliphatic heterocycles. The number of hydrogen-bond donors (Lipinski definition) is 2. The number of rotatable bonds is 3. The Morgan fingerprint density at radius 3 is 2.67 bits per heavy atom. The monoisotopic (exact) mass is 281 g/mol. The van der Waals surface area contributed by atoms with Crippen LogP contribution in [0.1, 0.15) is 24.4 Å². The number of phenolic OH excluding ortho intramolecular Hbond substituents is 1. The number of para-hydroxylation sites is 2. The quantitative estimate of drug-likeness (QED) is 0.719. The summed E-state index contributed by atoms with van der Waals surface area (Å²) < 4.78 is 2.11. The molecule has 2 aromatic carbocycles. The van der Waals surface area contributed by atoms with Gasteiger partial charge in [-0.2, -0.15) is 0 Å². The van der Waals surface area contributed by atoms with Crippen molar-refractivity contribution in [2.24, 2.45) is 7.05 Å². The molecule has 1 aromatic heterocycles. The summed E-state index contributed by atoms with van der Waals surface area (Å²) in [6, 6.07) is 13.5. The minimum Gasteiger partial charge on any atom is -0.508 e. The van der Waals surface area contributed by atoms with Crippen LogP contribution in [-0.2, 0) is 7.05 Å². The molecule has 0 saturated heterocycles. The van der Waals surface area contributed by atoms with E-state index in [1.807, 2.05) is 38.2 Å². The Balaban J connectivity index is 1.93. The highest BCUT2D eigenvalue weighted by atomic mass is 16.3. The zero-order valence-electron chi connectivity index (χ0n) is 12.5. The Kier molecular flexibility index (Phi) is 3.29. The van der Waals surface area contributed by atoms with E-state index >= 15 is 0 Å². The molecule has 4 nitrogen and oxygen atoms in total. The van der Waals surface area contributed by atoms with Gasteiger partial charge < -0.3 is 15.0 Å². The van der Waals surface area contributed by atoms with Crippen LogP contribution in [-0.4, -0.2) is 14.7 Å². The first-order valence-electron chi connectivity index (χ1n) is 7.04. The number of nitrogens with zero attached hydrogens (tertiary/aromatic N) is 2. The van der Waals surface area contributed by atoms with Crippen LogP contribution >= 0.6 is 0 Å². The lowest BCUT2D eigenvalue weighted by atomic mass is 10.1. The van der Waals surface area contributed by atoms with Crippen LogP contribution in [0.2, 0.25) is 0 Å². The molecule has 3 aromatic rings. The summed E-state index contributed by atoms with van der Waals surface area (Å²) in [4.78, 5) is 4.71. The van der Waals surface area contributed by atoms with E-state index in [0.29, 0.717) is 0 Å². The van der Waals surface area contributed by atoms with Crippen LogP contribution in [0.3, 0.4) is 0 Å². The van der Waals surface area contributed by atoms with Gasteiger partial charge in [-0.25, -0.2) is 4.98 Å². The summed E-state index contributed by atoms with van der Waals surface area (Å²) in [5.74, 6) is 1.28. The number of fused-ring (bicyclic) bond motifs is 1. The normalized spacial score (nSPS) is 12.5. The van der Waals surface area contributed by atoms with Gasteiger partial charge in [0.05, 0.1) is 17.1 Å². The largest absolute Gasteiger partial charge is 0.508 e. The number of imidazole rings is 1. The third-order valence-corrected chi connectivity index (χ3v) is 3.79. The maximum Gasteiger partial charge on any atom is 0.131 e. The molecular weight excluding hydrogens is 262 g/mol. The Bertz CT molecular complexity index is 792. The van der Waals surface area contributed by atoms with Gasteiger partial charge in [-0.3, -0.25) is 0 Å². The van der Waals surface area contributed by atoms with Crippen LogP contribution in [0.25, 0.3) is 11.0 Å². The number of anilines is 1. The summed E-state index contributed by atoms with van der Waals surface area (Å²) in [5.41, 5.74) is 4.16. The Labute approximate surface area is 124 Å². The lowest BCUT2D eigenvalue weighted by molar-refractivity contribution is 0.475. The summed E-state index contributed by atoms with van der Waals surface area (Å²) in [6.45, 7) is 4.07. The van der Waals surface area contributed by atoms with Gasteiger partial charge in [0.2, 0.25) is 0 Å². The number of hydrogen-bond acceptors (Lipinski definition) is 3. The Hall–Kier alpha value is -2.49. The van der Waals surface area contributed by atoms with Crippen LogP contribution in [0.5, 0.6) is 5.75 Å². The van der Waals surface area contributed by atoms with Crippen molar-refractivity contribution in [3.63, 3.8) is 0 Å². The van der Waals surface area contributed by atoms with E-state index in [1.165, 1.54) is 0 Å². The summed E-state index contributed by atoms with van der Waals surface area (Å²) in [6.07, 6.45) is 0. The number of phenols is 1. The van der Waals surface area contributed by atoms with Crippen molar-refractivity contribution in [3.05, 3.63) is 53.9 Å². The average Bonchev–Trinajstić information content (AvgIpc) is 2.80. The highest BCUT2D eigenvalue weighted by Gasteiger charge is 2.14. The molecule has 0 radical (unpaired) electrons. The van der Waals surface area contributed by atoms with E-state index in [4.69, 9.17) is 4.98 Å². The van der Waals surface area contributed by atoms with Crippen molar-refractivity contribution in [2.75, 3.05) is 5.32 Å². The third-order valence-electron chi connectivity index (χ3n) is 3.79. The zero-order valence-corrected chi connectivity index (χ0v) is 12.5. The van der Waals surface area contributed by atoms with Gasteiger partial charge >= 0.3 is 0 Å². The second-order valence-corrected chi connectivity index (χ2v) is 5.38. The fourth-order valence-electron chi connectivity index (χ4n) is 2.66. The van der Waals surface area contributed by atoms with Gasteiger partial charge in [-0.05, 0) is 49.7 Å². The van der Waals surface area contributed by atoms with Crippen molar-refractivity contribution in [1.29, 1.82) is 0 Å². The highest BCUT2D eigenvalue weighted by molar-refractivity contribution is 5.76. The molecule has 1 atom stereocenters. The van der Waals surface area contributed by atoms with Crippen LogP contribution in [0, 0.1) is 6.92 Å². The maximum atomic E-state index is 9.48. The van der Waals surface area contributed by atoms with Crippen molar-refractivity contribution < 1.29 is 5.11 Å². The molecule has 1 unspecified atom stereocenters. The standard InChI is InChI=1S/C17H19N3O/c1-11-10-13(21)8-9-14(11)18-12(2)17-19-15-6-4-5-7-16(15)20(17)3/h4-10,12,18,21H,1-3H3. The number of aryl methyl sites for hydroxylation is 2. The molecule has 0 spiro atoms. The molecule has 1 heterocycles. The first kappa shape index (κ1) is 13.5. The number of benzene rings is 2. The molecule has 0 saturated carbocycles. The van der Waals surface area contributed by atoms with E-state index in [-0.39, 0.29) is 11.8 Å². The fraction of sp³-hybridized carbons (Fsp3) is 0.235. The molecule has 0 aliphatic carbocycles. The second kappa shape index (κ2) is 5.13. The zero-order chi connectivity index (χ0) is 15.0. The fourth-order valence-corrected chi connectivity index (χ4v) is 2.66. The van der Waals surface area contributed by atoms with Gasteiger partial charge in [0.1, 0.15) is 11.6 Å². The minimum absolute atomic E-state index is 0.0747. The lowest BCUT2D eigenvalue weighted by Crippen LogP contribution is -2.12. The van der Waals surface area contributed by atoms with Gasteiger partial charge in [-0.15, -0.1) is 0 Å². The topological polar surface area (TPSA) is 50.1 Å². The summed E-state index contributed by atoms with van der Waals surface area (Å²) in [7, 11) is 2.03. The van der Waals surface area contributed by atoms with E-state index in [2.05, 4.69) is 22.9 Å². The highest BCUT2D eigenvalue weighted by Crippen LogP contribution is 2.26. The molecule has 4 heteroatoms. The first-order chi connectivity index (χ1) is 10.1. The summed E-state index contributed by atoms with van der Waals surface area (Å²) in [5, 5.41) is 12.9. The molecule has 0 fully saturated rings. The molecular formula is C17H19N3O. The molecule has 108 valence electrons. The van der Waals surface area contributed by atoms with Gasteiger partial charge in [0.15, 0.2) is 0 Å². The first-order valence-corrected chi connectivity index (χ1v) is 7.04. The Morgan fingerprint density at radius 1 is 1.19 bits per heavy atom. The van der Waals surface area contributed by atoms with Crippen LogP contribution in [0.15, 0.2) is 42.5 Å². The number of nitrogens with one attached hydrogen (secondary N) is 1. The van der Waals surface area contributed by atoms with E-state index in [0.717, 1.165) is 28.1 Å². The molecule has 0 amide bonds. The van der Waals surface area contributed by atoms with E-state index < -0.39 is 0 Å². The number of aromatic nitrogens is 2. The van der Waals surface area contributed by atoms with E-state index in [9.17, 15) is 5.11 Å². The van der Waals surface area contributed by atoms with Gasteiger partial charge in [0.25, 0.3) is 0 Å². The van der Waals surface area contributed by atoms with E-state index in [1.54, 1.807) is 12.1 Å². The van der Waals surface area contributed by atoms with Crippen LogP contribution in [0.4, 0.5) is 5.69 Å². The molecule has 3 rings (SSSR count). The number of aromatic hydroxyl groups is 1. The minimum atomic E-state index is 0.0747. The van der Waals surface area contributed by atoms with Gasteiger partial charge in [0, 0.05) is 12.7 Å². The van der Waals surface area contributed by atoms with Gasteiger partial charge in [-0.1, -0.05) is 12.1 Å². The van der Waals surface area contributed by atoms with Crippen molar-refractivity contribution >= 4 is 16.7 Å². The predicted octanol–water partition coefficient (Wildman–Crippen LogP) is 3.76. The maximum absolute atomic E-state index is 9.48. The van der Waals surface area contributed by atoms with Crippen molar-refractivity contribution in [1.82, 2.24) is 9.55 Å². The van der Waals surface area contributed by atoms with Crippen molar-refractivity contribution in [2.45, 2.75) is 19.9 Å². The van der Waals surface area contributed by atoms with Crippen LogP contribution < -0.4 is 5.32 Å². The second-order valence-electron chi connectivity index (χ2n) is 5.38. The predicted molar refractivity (Wildman–Crippen MR) is 85.6 cm³/mol. The summed E-state index contributed by atoms with van der Waals surface area (Å²) >= 11 is 0. The molecule has 2 N–H and O–H groups in total. The molecule has 0 bridgehead atoms. The SMILES string of the molecule is Cc1cc(O)ccc1NC(C)c1nc2ccccc2n1C. The molecule has 0 aliphatic rings. The lowest BCUT2D eigenvalue weighted by Gasteiger charge is -2.17. The third kappa shape index (κ3) is 2.44. The average molecular weight is 281 g/mol.